The van der Waals surface area contributed by atoms with Gasteiger partial charge in [0.05, 0.1) is 13.2 Å². The largest absolute Gasteiger partial charge is 0.394 e. The lowest BCUT2D eigenvalue weighted by molar-refractivity contribution is 0.0855. The third-order valence-corrected chi connectivity index (χ3v) is 1.48. The highest BCUT2D eigenvalue weighted by molar-refractivity contribution is 4.57. The van der Waals surface area contributed by atoms with Gasteiger partial charge in [-0.1, -0.05) is 20.3 Å². The SMILES string of the molecule is [CH2]C(CC)CCOCCO. The first kappa shape index (κ1) is 9.92. The highest BCUT2D eigenvalue weighted by Gasteiger charge is 1.96. The summed E-state index contributed by atoms with van der Waals surface area (Å²) in [6, 6.07) is 0. The van der Waals surface area contributed by atoms with Gasteiger partial charge in [-0.3, -0.25) is 0 Å². The monoisotopic (exact) mass is 145 g/mol. The van der Waals surface area contributed by atoms with E-state index in [1.54, 1.807) is 0 Å². The summed E-state index contributed by atoms with van der Waals surface area (Å²) in [5.74, 6) is 0.499. The number of rotatable bonds is 6. The third kappa shape index (κ3) is 6.05. The average molecular weight is 145 g/mol. The minimum Gasteiger partial charge on any atom is -0.394 e. The molecule has 0 aliphatic carbocycles. The van der Waals surface area contributed by atoms with E-state index in [0.717, 1.165) is 19.4 Å². The molecule has 0 amide bonds. The third-order valence-electron chi connectivity index (χ3n) is 1.48. The Kier molecular flexibility index (Phi) is 6.98. The number of hydrogen-bond donors (Lipinski definition) is 1. The van der Waals surface area contributed by atoms with Gasteiger partial charge in [0.25, 0.3) is 0 Å². The average Bonchev–Trinajstić information content (AvgIpc) is 1.98. The van der Waals surface area contributed by atoms with Crippen LogP contribution in [0.15, 0.2) is 0 Å². The molecule has 0 aromatic carbocycles. The zero-order chi connectivity index (χ0) is 7.82. The number of aliphatic hydroxyl groups excluding tert-OH is 1. The topological polar surface area (TPSA) is 29.5 Å². The Balaban J connectivity index is 2.89. The van der Waals surface area contributed by atoms with Gasteiger partial charge in [-0.05, 0) is 12.3 Å². The van der Waals surface area contributed by atoms with Crippen LogP contribution in [0, 0.1) is 12.8 Å². The molecule has 1 radical (unpaired) electrons. The van der Waals surface area contributed by atoms with Crippen molar-refractivity contribution in [2.75, 3.05) is 19.8 Å². The van der Waals surface area contributed by atoms with Crippen LogP contribution in [-0.2, 0) is 4.74 Å². The second-order valence-corrected chi connectivity index (χ2v) is 2.40. The summed E-state index contributed by atoms with van der Waals surface area (Å²) in [4.78, 5) is 0. The molecule has 0 heterocycles. The fourth-order valence-electron chi connectivity index (χ4n) is 0.621. The van der Waals surface area contributed by atoms with Crippen LogP contribution in [0.2, 0.25) is 0 Å². The molecule has 0 aliphatic rings. The van der Waals surface area contributed by atoms with Gasteiger partial charge in [0, 0.05) is 6.61 Å². The standard InChI is InChI=1S/C8H17O2/c1-3-8(2)4-6-10-7-5-9/h8-9H,2-7H2,1H3. The van der Waals surface area contributed by atoms with E-state index in [1.807, 2.05) is 0 Å². The van der Waals surface area contributed by atoms with Crippen LogP contribution in [0.3, 0.4) is 0 Å². The molecule has 1 unspecified atom stereocenters. The van der Waals surface area contributed by atoms with Gasteiger partial charge in [-0.15, -0.1) is 0 Å². The van der Waals surface area contributed by atoms with Crippen LogP contribution in [-0.4, -0.2) is 24.9 Å². The van der Waals surface area contributed by atoms with E-state index >= 15 is 0 Å². The fraction of sp³-hybridized carbons (Fsp3) is 0.875. The maximum Gasteiger partial charge on any atom is 0.0697 e. The smallest absolute Gasteiger partial charge is 0.0697 e. The normalized spacial score (nSPS) is 13.5. The van der Waals surface area contributed by atoms with Crippen molar-refractivity contribution in [3.05, 3.63) is 6.92 Å². The molecule has 0 fully saturated rings. The van der Waals surface area contributed by atoms with Gasteiger partial charge in [0.1, 0.15) is 0 Å². The van der Waals surface area contributed by atoms with E-state index < -0.39 is 0 Å². The molecule has 0 saturated heterocycles. The van der Waals surface area contributed by atoms with E-state index in [1.165, 1.54) is 0 Å². The van der Waals surface area contributed by atoms with Crippen LogP contribution < -0.4 is 0 Å². The summed E-state index contributed by atoms with van der Waals surface area (Å²) < 4.78 is 5.07. The second-order valence-electron chi connectivity index (χ2n) is 2.40. The van der Waals surface area contributed by atoms with Crippen molar-refractivity contribution in [1.82, 2.24) is 0 Å². The molecule has 1 N–H and O–H groups in total. The van der Waals surface area contributed by atoms with Gasteiger partial charge < -0.3 is 9.84 Å². The fourth-order valence-corrected chi connectivity index (χ4v) is 0.621. The van der Waals surface area contributed by atoms with Gasteiger partial charge >= 0.3 is 0 Å². The number of hydrogen-bond acceptors (Lipinski definition) is 2. The number of ether oxygens (including phenoxy) is 1. The van der Waals surface area contributed by atoms with Gasteiger partial charge in [0.15, 0.2) is 0 Å². The predicted molar refractivity (Wildman–Crippen MR) is 41.7 cm³/mol. The molecule has 2 nitrogen and oxygen atoms in total. The van der Waals surface area contributed by atoms with E-state index in [0.29, 0.717) is 12.5 Å². The molecule has 61 valence electrons. The molecule has 0 saturated carbocycles. The maximum atomic E-state index is 8.35. The molecule has 0 rings (SSSR count). The Hall–Kier alpha value is -0.0800. The summed E-state index contributed by atoms with van der Waals surface area (Å²) in [6.45, 7) is 7.32. The van der Waals surface area contributed by atoms with Crippen LogP contribution in [0.4, 0.5) is 0 Å². The minimum absolute atomic E-state index is 0.119. The van der Waals surface area contributed by atoms with Crippen LogP contribution >= 0.6 is 0 Å². The van der Waals surface area contributed by atoms with E-state index in [-0.39, 0.29) is 6.61 Å². The predicted octanol–water partition coefficient (Wildman–Crippen LogP) is 1.25. The first-order valence-corrected chi connectivity index (χ1v) is 3.83. The van der Waals surface area contributed by atoms with Gasteiger partial charge in [-0.2, -0.15) is 0 Å². The summed E-state index contributed by atoms with van der Waals surface area (Å²) >= 11 is 0. The highest BCUT2D eigenvalue weighted by Crippen LogP contribution is 2.04. The molecular formula is C8H17O2. The molecule has 2 heteroatoms. The van der Waals surface area contributed by atoms with Gasteiger partial charge in [0.2, 0.25) is 0 Å². The molecular weight excluding hydrogens is 128 g/mol. The van der Waals surface area contributed by atoms with Crippen molar-refractivity contribution in [2.24, 2.45) is 5.92 Å². The first-order chi connectivity index (χ1) is 4.81. The van der Waals surface area contributed by atoms with E-state index in [9.17, 15) is 0 Å². The van der Waals surface area contributed by atoms with Crippen LogP contribution in [0.1, 0.15) is 19.8 Å². The summed E-state index contributed by atoms with van der Waals surface area (Å²) in [5, 5.41) is 8.35. The lowest BCUT2D eigenvalue weighted by Gasteiger charge is -2.06. The maximum absolute atomic E-state index is 8.35. The molecule has 1 atom stereocenters. The van der Waals surface area contributed by atoms with Crippen LogP contribution in [0.25, 0.3) is 0 Å². The summed E-state index contributed by atoms with van der Waals surface area (Å²) in [6.07, 6.45) is 2.10. The quantitative estimate of drug-likeness (QED) is 0.570. The molecule has 0 aromatic rings. The Morgan fingerprint density at radius 3 is 2.70 bits per heavy atom. The summed E-state index contributed by atoms with van der Waals surface area (Å²) in [7, 11) is 0. The van der Waals surface area contributed by atoms with E-state index in [4.69, 9.17) is 9.84 Å². The molecule has 0 spiro atoms. The molecule has 10 heavy (non-hydrogen) atoms. The summed E-state index contributed by atoms with van der Waals surface area (Å²) in [5.41, 5.74) is 0. The molecule has 0 aliphatic heterocycles. The minimum atomic E-state index is 0.119. The van der Waals surface area contributed by atoms with E-state index in [2.05, 4.69) is 13.8 Å². The van der Waals surface area contributed by atoms with Crippen molar-refractivity contribution < 1.29 is 9.84 Å². The Bertz CT molecular complexity index is 64.3. The Labute approximate surface area is 63.2 Å². The zero-order valence-corrected chi connectivity index (χ0v) is 6.68. The van der Waals surface area contributed by atoms with Crippen molar-refractivity contribution in [2.45, 2.75) is 19.8 Å². The first-order valence-electron chi connectivity index (χ1n) is 3.83. The highest BCUT2D eigenvalue weighted by atomic mass is 16.5. The van der Waals surface area contributed by atoms with Crippen LogP contribution in [0.5, 0.6) is 0 Å². The van der Waals surface area contributed by atoms with Crippen molar-refractivity contribution in [3.8, 4) is 0 Å². The van der Waals surface area contributed by atoms with Crippen molar-refractivity contribution in [3.63, 3.8) is 0 Å². The molecule has 0 aromatic heterocycles. The Morgan fingerprint density at radius 2 is 2.20 bits per heavy atom. The number of aliphatic hydroxyl groups is 1. The van der Waals surface area contributed by atoms with Crippen molar-refractivity contribution in [1.29, 1.82) is 0 Å². The Morgan fingerprint density at radius 1 is 1.50 bits per heavy atom. The van der Waals surface area contributed by atoms with Gasteiger partial charge in [-0.25, -0.2) is 0 Å². The van der Waals surface area contributed by atoms with Crippen molar-refractivity contribution >= 4 is 0 Å². The second kappa shape index (κ2) is 7.03. The molecule has 0 bridgehead atoms. The lowest BCUT2D eigenvalue weighted by Crippen LogP contribution is -2.04. The lowest BCUT2D eigenvalue weighted by atomic mass is 10.1. The zero-order valence-electron chi connectivity index (χ0n) is 6.68.